The second-order valence-electron chi connectivity index (χ2n) is 5.56. The van der Waals surface area contributed by atoms with Crippen LogP contribution in [0.15, 0.2) is 0 Å². The van der Waals surface area contributed by atoms with Gasteiger partial charge in [0.15, 0.2) is 9.84 Å². The van der Waals surface area contributed by atoms with Crippen molar-refractivity contribution >= 4 is 9.84 Å². The molecule has 0 aromatic heterocycles. The molecule has 0 amide bonds. The van der Waals surface area contributed by atoms with Crippen LogP contribution in [-0.2, 0) is 9.84 Å². The molecule has 0 radical (unpaired) electrons. The lowest BCUT2D eigenvalue weighted by Crippen LogP contribution is -2.42. The third kappa shape index (κ3) is 6.15. The Morgan fingerprint density at radius 1 is 1.20 bits per heavy atom. The minimum Gasteiger partial charge on any atom is -0.326 e. The molecule has 0 aliphatic rings. The molecule has 0 saturated heterocycles. The van der Waals surface area contributed by atoms with Crippen molar-refractivity contribution in [3.05, 3.63) is 0 Å². The molecule has 0 bridgehead atoms. The van der Waals surface area contributed by atoms with Crippen LogP contribution in [0.2, 0.25) is 0 Å². The van der Waals surface area contributed by atoms with Gasteiger partial charge in [-0.15, -0.1) is 0 Å². The summed E-state index contributed by atoms with van der Waals surface area (Å²) >= 11 is 0. The zero-order valence-corrected chi connectivity index (χ0v) is 11.4. The van der Waals surface area contributed by atoms with E-state index in [-0.39, 0.29) is 28.9 Å². The van der Waals surface area contributed by atoms with Crippen LogP contribution in [0.4, 0.5) is 0 Å². The molecular formula is C11H25NO2S. The SMILES string of the molecule is CCC(C)CS(=O)(=O)CC(N)C(C)(C)C. The van der Waals surface area contributed by atoms with E-state index >= 15 is 0 Å². The summed E-state index contributed by atoms with van der Waals surface area (Å²) in [6.07, 6.45) is 0.893. The van der Waals surface area contributed by atoms with Gasteiger partial charge in [0, 0.05) is 6.04 Å². The maximum absolute atomic E-state index is 11.8. The summed E-state index contributed by atoms with van der Waals surface area (Å²) in [6, 6.07) is -0.286. The Kier molecular flexibility index (Phi) is 5.27. The van der Waals surface area contributed by atoms with E-state index in [2.05, 4.69) is 0 Å². The molecule has 92 valence electrons. The molecule has 2 unspecified atom stereocenters. The van der Waals surface area contributed by atoms with E-state index in [1.807, 2.05) is 34.6 Å². The first kappa shape index (κ1) is 14.9. The lowest BCUT2D eigenvalue weighted by molar-refractivity contribution is 0.340. The molecule has 0 saturated carbocycles. The van der Waals surface area contributed by atoms with Gasteiger partial charge < -0.3 is 5.73 Å². The normalized spacial score (nSPS) is 17.5. The first-order valence-corrected chi connectivity index (χ1v) is 7.36. The molecule has 2 atom stereocenters. The van der Waals surface area contributed by atoms with Gasteiger partial charge in [0.2, 0.25) is 0 Å². The first-order chi connectivity index (χ1) is 6.58. The summed E-state index contributed by atoms with van der Waals surface area (Å²) in [6.45, 7) is 9.87. The highest BCUT2D eigenvalue weighted by Crippen LogP contribution is 2.19. The monoisotopic (exact) mass is 235 g/mol. The topological polar surface area (TPSA) is 60.2 Å². The molecule has 4 heteroatoms. The van der Waals surface area contributed by atoms with Crippen LogP contribution in [0.5, 0.6) is 0 Å². The van der Waals surface area contributed by atoms with Crippen LogP contribution < -0.4 is 5.73 Å². The molecule has 0 aromatic rings. The molecule has 2 N–H and O–H groups in total. The highest BCUT2D eigenvalue weighted by molar-refractivity contribution is 7.91. The number of nitrogens with two attached hydrogens (primary N) is 1. The average Bonchev–Trinajstić information content (AvgIpc) is 2.00. The van der Waals surface area contributed by atoms with Gasteiger partial charge in [0.25, 0.3) is 0 Å². The Balaban J connectivity index is 4.40. The minimum absolute atomic E-state index is 0.0981. The predicted octanol–water partition coefficient (Wildman–Crippen LogP) is 1.82. The van der Waals surface area contributed by atoms with Crippen molar-refractivity contribution < 1.29 is 8.42 Å². The Morgan fingerprint density at radius 3 is 2.00 bits per heavy atom. The Hall–Kier alpha value is -0.0900. The Morgan fingerprint density at radius 2 is 1.67 bits per heavy atom. The molecule has 0 spiro atoms. The fraction of sp³-hybridized carbons (Fsp3) is 1.00. The molecule has 0 rings (SSSR count). The molecule has 3 nitrogen and oxygen atoms in total. The molecule has 0 fully saturated rings. The van der Waals surface area contributed by atoms with E-state index < -0.39 is 9.84 Å². The van der Waals surface area contributed by atoms with Crippen LogP contribution in [0.1, 0.15) is 41.0 Å². The maximum atomic E-state index is 11.8. The summed E-state index contributed by atoms with van der Waals surface area (Å²) in [5, 5.41) is 0. The van der Waals surface area contributed by atoms with Gasteiger partial charge in [0.05, 0.1) is 11.5 Å². The third-order valence-corrected chi connectivity index (χ3v) is 4.73. The molecule has 15 heavy (non-hydrogen) atoms. The van der Waals surface area contributed by atoms with Gasteiger partial charge in [-0.3, -0.25) is 0 Å². The van der Waals surface area contributed by atoms with E-state index in [1.165, 1.54) is 0 Å². The fourth-order valence-corrected chi connectivity index (χ4v) is 3.43. The Bertz CT molecular complexity index is 277. The predicted molar refractivity (Wildman–Crippen MR) is 65.5 cm³/mol. The third-order valence-electron chi connectivity index (χ3n) is 2.78. The van der Waals surface area contributed by atoms with Crippen molar-refractivity contribution in [1.82, 2.24) is 0 Å². The van der Waals surface area contributed by atoms with Crippen molar-refractivity contribution in [2.24, 2.45) is 17.1 Å². The zero-order chi connectivity index (χ0) is 12.3. The summed E-state index contributed by atoms with van der Waals surface area (Å²) < 4.78 is 23.6. The number of sulfone groups is 1. The molecule has 0 heterocycles. The van der Waals surface area contributed by atoms with E-state index in [0.29, 0.717) is 0 Å². The molecule has 0 aromatic carbocycles. The van der Waals surface area contributed by atoms with Crippen LogP contribution in [0.3, 0.4) is 0 Å². The average molecular weight is 235 g/mol. The molecule has 0 aliphatic carbocycles. The standard InChI is InChI=1S/C11H25NO2S/c1-6-9(2)7-15(13,14)8-10(12)11(3,4)5/h9-10H,6-8,12H2,1-5H3. The van der Waals surface area contributed by atoms with E-state index in [0.717, 1.165) is 6.42 Å². The quantitative estimate of drug-likeness (QED) is 0.790. The van der Waals surface area contributed by atoms with E-state index in [9.17, 15) is 8.42 Å². The van der Waals surface area contributed by atoms with Crippen molar-refractivity contribution in [3.8, 4) is 0 Å². The number of hydrogen-bond donors (Lipinski definition) is 1. The molecular weight excluding hydrogens is 210 g/mol. The maximum Gasteiger partial charge on any atom is 0.152 e. The lowest BCUT2D eigenvalue weighted by Gasteiger charge is -2.27. The lowest BCUT2D eigenvalue weighted by atomic mass is 9.89. The summed E-state index contributed by atoms with van der Waals surface area (Å²) in [4.78, 5) is 0. The Labute approximate surface area is 94.4 Å². The van der Waals surface area contributed by atoms with Gasteiger partial charge in [-0.05, 0) is 11.3 Å². The van der Waals surface area contributed by atoms with Crippen molar-refractivity contribution in [2.45, 2.75) is 47.1 Å². The largest absolute Gasteiger partial charge is 0.326 e. The van der Waals surface area contributed by atoms with Gasteiger partial charge in [0.1, 0.15) is 0 Å². The van der Waals surface area contributed by atoms with E-state index in [1.54, 1.807) is 0 Å². The van der Waals surface area contributed by atoms with Gasteiger partial charge in [-0.1, -0.05) is 41.0 Å². The first-order valence-electron chi connectivity index (χ1n) is 5.54. The second kappa shape index (κ2) is 5.30. The number of hydrogen-bond acceptors (Lipinski definition) is 3. The minimum atomic E-state index is -3.00. The van der Waals surface area contributed by atoms with Crippen molar-refractivity contribution in [3.63, 3.8) is 0 Å². The van der Waals surface area contributed by atoms with E-state index in [4.69, 9.17) is 5.73 Å². The zero-order valence-electron chi connectivity index (χ0n) is 10.6. The van der Waals surface area contributed by atoms with Crippen LogP contribution in [0.25, 0.3) is 0 Å². The van der Waals surface area contributed by atoms with Crippen molar-refractivity contribution in [2.75, 3.05) is 11.5 Å². The molecule has 0 aliphatic heterocycles. The summed E-state index contributed by atoms with van der Waals surface area (Å²) in [5.74, 6) is 0.580. The smallest absolute Gasteiger partial charge is 0.152 e. The highest BCUT2D eigenvalue weighted by atomic mass is 32.2. The summed E-state index contributed by atoms with van der Waals surface area (Å²) in [5.41, 5.74) is 5.72. The van der Waals surface area contributed by atoms with Gasteiger partial charge in [-0.25, -0.2) is 8.42 Å². The summed E-state index contributed by atoms with van der Waals surface area (Å²) in [7, 11) is -3.00. The van der Waals surface area contributed by atoms with Gasteiger partial charge in [-0.2, -0.15) is 0 Å². The van der Waals surface area contributed by atoms with Crippen LogP contribution in [0, 0.1) is 11.3 Å². The van der Waals surface area contributed by atoms with Gasteiger partial charge >= 0.3 is 0 Å². The highest BCUT2D eigenvalue weighted by Gasteiger charge is 2.26. The van der Waals surface area contributed by atoms with Crippen molar-refractivity contribution in [1.29, 1.82) is 0 Å². The fourth-order valence-electron chi connectivity index (χ4n) is 1.14. The number of rotatable bonds is 5. The van der Waals surface area contributed by atoms with Crippen LogP contribution >= 0.6 is 0 Å². The second-order valence-corrected chi connectivity index (χ2v) is 7.72. The van der Waals surface area contributed by atoms with Crippen LogP contribution in [-0.4, -0.2) is 26.0 Å².